The highest BCUT2D eigenvalue weighted by Crippen LogP contribution is 2.29. The van der Waals surface area contributed by atoms with Gasteiger partial charge in [0.15, 0.2) is 5.82 Å². The molecule has 0 aliphatic carbocycles. The molecule has 1 aromatic heterocycles. The van der Waals surface area contributed by atoms with Crippen molar-refractivity contribution in [3.8, 4) is 11.4 Å². The molecule has 5 heteroatoms. The van der Waals surface area contributed by atoms with Crippen molar-refractivity contribution in [2.45, 2.75) is 0 Å². The van der Waals surface area contributed by atoms with E-state index in [9.17, 15) is 4.39 Å². The zero-order valence-corrected chi connectivity index (χ0v) is 12.4. The van der Waals surface area contributed by atoms with Crippen LogP contribution >= 0.6 is 11.6 Å². The lowest BCUT2D eigenvalue weighted by atomic mass is 10.1. The molecule has 2 aromatic carbocycles. The summed E-state index contributed by atoms with van der Waals surface area (Å²) in [5, 5.41) is 1.47. The van der Waals surface area contributed by atoms with Crippen molar-refractivity contribution in [2.24, 2.45) is 0 Å². The van der Waals surface area contributed by atoms with Crippen molar-refractivity contribution in [3.63, 3.8) is 0 Å². The van der Waals surface area contributed by atoms with Gasteiger partial charge in [-0.1, -0.05) is 23.7 Å². The minimum Gasteiger partial charge on any atom is -0.362 e. The molecule has 3 aromatic rings. The van der Waals surface area contributed by atoms with Gasteiger partial charge in [0.05, 0.1) is 11.1 Å². The van der Waals surface area contributed by atoms with Gasteiger partial charge in [-0.2, -0.15) is 0 Å². The highest BCUT2D eigenvalue weighted by Gasteiger charge is 2.13. The number of aromatic nitrogens is 2. The molecule has 21 heavy (non-hydrogen) atoms. The van der Waals surface area contributed by atoms with Gasteiger partial charge in [-0.3, -0.25) is 0 Å². The molecule has 0 aliphatic heterocycles. The molecule has 3 rings (SSSR count). The molecule has 0 amide bonds. The zero-order chi connectivity index (χ0) is 15.0. The second kappa shape index (κ2) is 5.30. The maximum absolute atomic E-state index is 14.0. The van der Waals surface area contributed by atoms with Gasteiger partial charge in [0.2, 0.25) is 0 Å². The molecule has 0 atom stereocenters. The highest BCUT2D eigenvalue weighted by atomic mass is 35.5. The number of anilines is 1. The minimum absolute atomic E-state index is 0.344. The first kappa shape index (κ1) is 13.8. The minimum atomic E-state index is -0.344. The van der Waals surface area contributed by atoms with Crippen molar-refractivity contribution in [1.82, 2.24) is 9.97 Å². The van der Waals surface area contributed by atoms with Gasteiger partial charge in [-0.25, -0.2) is 14.4 Å². The predicted octanol–water partition coefficient (Wildman–Crippen LogP) is 4.16. The Morgan fingerprint density at radius 2 is 1.81 bits per heavy atom. The molecular weight excluding hydrogens is 289 g/mol. The van der Waals surface area contributed by atoms with Gasteiger partial charge < -0.3 is 4.90 Å². The van der Waals surface area contributed by atoms with Crippen LogP contribution in [-0.2, 0) is 0 Å². The van der Waals surface area contributed by atoms with Crippen LogP contribution in [0, 0.1) is 5.82 Å². The van der Waals surface area contributed by atoms with Crippen LogP contribution in [0.25, 0.3) is 22.3 Å². The predicted molar refractivity (Wildman–Crippen MR) is 84.3 cm³/mol. The summed E-state index contributed by atoms with van der Waals surface area (Å²) >= 11 is 6.03. The van der Waals surface area contributed by atoms with E-state index in [0.29, 0.717) is 21.9 Å². The van der Waals surface area contributed by atoms with Gasteiger partial charge >= 0.3 is 0 Å². The molecule has 1 heterocycles. The molecular formula is C16H13ClFN3. The molecule has 3 nitrogen and oxygen atoms in total. The van der Waals surface area contributed by atoms with Crippen LogP contribution < -0.4 is 4.90 Å². The van der Waals surface area contributed by atoms with E-state index >= 15 is 0 Å². The van der Waals surface area contributed by atoms with Crippen molar-refractivity contribution >= 4 is 28.3 Å². The summed E-state index contributed by atoms with van der Waals surface area (Å²) in [5.41, 5.74) is 1.07. The lowest BCUT2D eigenvalue weighted by Crippen LogP contribution is -2.12. The van der Waals surface area contributed by atoms with Gasteiger partial charge in [0.25, 0.3) is 0 Å². The molecule has 0 N–H and O–H groups in total. The second-order valence-electron chi connectivity index (χ2n) is 4.91. The molecule has 0 saturated carbocycles. The summed E-state index contributed by atoms with van der Waals surface area (Å²) < 4.78 is 14.0. The molecule has 0 unspecified atom stereocenters. The van der Waals surface area contributed by atoms with Gasteiger partial charge in [0.1, 0.15) is 11.6 Å². The van der Waals surface area contributed by atoms with E-state index < -0.39 is 0 Å². The Balaban J connectivity index is 2.32. The molecule has 0 bridgehead atoms. The first-order valence-corrected chi connectivity index (χ1v) is 6.83. The summed E-state index contributed by atoms with van der Waals surface area (Å²) in [6.07, 6.45) is 0. The number of hydrogen-bond acceptors (Lipinski definition) is 3. The van der Waals surface area contributed by atoms with Crippen molar-refractivity contribution in [3.05, 3.63) is 53.3 Å². The molecule has 106 valence electrons. The van der Waals surface area contributed by atoms with Crippen molar-refractivity contribution in [1.29, 1.82) is 0 Å². The Bertz CT molecular complexity index is 818. The quantitative estimate of drug-likeness (QED) is 0.712. The van der Waals surface area contributed by atoms with Crippen molar-refractivity contribution < 1.29 is 4.39 Å². The maximum Gasteiger partial charge on any atom is 0.165 e. The third-order valence-corrected chi connectivity index (χ3v) is 3.41. The molecule has 0 fully saturated rings. The van der Waals surface area contributed by atoms with E-state index in [1.165, 1.54) is 6.07 Å². The number of benzene rings is 2. The standard InChI is InChI=1S/C16H13ClFN3/c1-21(2)16-12-8-7-10(17)9-14(12)19-15(20-16)11-5-3-4-6-13(11)18/h3-9H,1-2H3. The molecule has 0 aliphatic rings. The van der Waals surface area contributed by atoms with E-state index in [1.807, 2.05) is 25.1 Å². The van der Waals surface area contributed by atoms with Crippen molar-refractivity contribution in [2.75, 3.05) is 19.0 Å². The fraction of sp³-hybridized carbons (Fsp3) is 0.125. The van der Waals surface area contributed by atoms with E-state index in [4.69, 9.17) is 11.6 Å². The molecule has 0 radical (unpaired) electrons. The van der Waals surface area contributed by atoms with Crippen LogP contribution in [-0.4, -0.2) is 24.1 Å². The zero-order valence-electron chi connectivity index (χ0n) is 11.6. The first-order valence-electron chi connectivity index (χ1n) is 6.46. The fourth-order valence-electron chi connectivity index (χ4n) is 2.19. The van der Waals surface area contributed by atoms with Crippen LogP contribution in [0.5, 0.6) is 0 Å². The van der Waals surface area contributed by atoms with Crippen LogP contribution in [0.4, 0.5) is 10.2 Å². The van der Waals surface area contributed by atoms with E-state index in [1.54, 1.807) is 30.3 Å². The topological polar surface area (TPSA) is 29.0 Å². The fourth-order valence-corrected chi connectivity index (χ4v) is 2.36. The van der Waals surface area contributed by atoms with E-state index in [0.717, 1.165) is 11.2 Å². The number of hydrogen-bond donors (Lipinski definition) is 0. The number of nitrogens with zero attached hydrogens (tertiary/aromatic N) is 3. The number of fused-ring (bicyclic) bond motifs is 1. The maximum atomic E-state index is 14.0. The summed E-state index contributed by atoms with van der Waals surface area (Å²) in [5.74, 6) is 0.741. The number of rotatable bonds is 2. The second-order valence-corrected chi connectivity index (χ2v) is 5.34. The summed E-state index contributed by atoms with van der Waals surface area (Å²) in [6.45, 7) is 0. The average Bonchev–Trinajstić information content (AvgIpc) is 2.46. The Morgan fingerprint density at radius 1 is 1.05 bits per heavy atom. The Labute approximate surface area is 127 Å². The largest absolute Gasteiger partial charge is 0.362 e. The van der Waals surface area contributed by atoms with E-state index in [-0.39, 0.29) is 5.82 Å². The Kier molecular flexibility index (Phi) is 3.47. The lowest BCUT2D eigenvalue weighted by Gasteiger charge is -2.15. The normalized spacial score (nSPS) is 10.9. The van der Waals surface area contributed by atoms with Crippen LogP contribution in [0.2, 0.25) is 5.02 Å². The first-order chi connectivity index (χ1) is 10.1. The van der Waals surface area contributed by atoms with E-state index in [2.05, 4.69) is 9.97 Å². The third kappa shape index (κ3) is 2.54. The smallest absolute Gasteiger partial charge is 0.165 e. The highest BCUT2D eigenvalue weighted by molar-refractivity contribution is 6.31. The number of halogens is 2. The van der Waals surface area contributed by atoms with Gasteiger partial charge in [0, 0.05) is 24.5 Å². The SMILES string of the molecule is CN(C)c1nc(-c2ccccc2F)nc2cc(Cl)ccc12. The molecule has 0 saturated heterocycles. The Morgan fingerprint density at radius 3 is 2.52 bits per heavy atom. The lowest BCUT2D eigenvalue weighted by molar-refractivity contribution is 0.630. The Hall–Kier alpha value is -2.20. The summed E-state index contributed by atoms with van der Waals surface area (Å²) in [7, 11) is 3.78. The van der Waals surface area contributed by atoms with Crippen LogP contribution in [0.1, 0.15) is 0 Å². The monoisotopic (exact) mass is 301 g/mol. The summed E-state index contributed by atoms with van der Waals surface area (Å²) in [6, 6.07) is 11.9. The summed E-state index contributed by atoms with van der Waals surface area (Å²) in [4.78, 5) is 10.8. The molecule has 0 spiro atoms. The third-order valence-electron chi connectivity index (χ3n) is 3.18. The van der Waals surface area contributed by atoms with Crippen LogP contribution in [0.15, 0.2) is 42.5 Å². The van der Waals surface area contributed by atoms with Gasteiger partial charge in [-0.05, 0) is 30.3 Å². The van der Waals surface area contributed by atoms with Gasteiger partial charge in [-0.15, -0.1) is 0 Å². The average molecular weight is 302 g/mol. The van der Waals surface area contributed by atoms with Crippen LogP contribution in [0.3, 0.4) is 0 Å².